The zero-order valence-electron chi connectivity index (χ0n) is 27.5. The second-order valence-electron chi connectivity index (χ2n) is 16.8. The molecule has 0 saturated heterocycles. The van der Waals surface area contributed by atoms with Crippen molar-refractivity contribution in [3.8, 4) is 0 Å². The second-order valence-corrected chi connectivity index (χ2v) is 21.5. The molecular formula is C36H55NO2Si. The Morgan fingerprint density at radius 2 is 1.55 bits per heavy atom. The van der Waals surface area contributed by atoms with Gasteiger partial charge in [-0.2, -0.15) is 0 Å². The second kappa shape index (κ2) is 9.78. The van der Waals surface area contributed by atoms with Crippen LogP contribution in [0.2, 0.25) is 18.1 Å². The van der Waals surface area contributed by atoms with E-state index in [0.29, 0.717) is 5.92 Å². The maximum Gasteiger partial charge on any atom is 0.192 e. The van der Waals surface area contributed by atoms with Gasteiger partial charge in [0.05, 0.1) is 11.7 Å². The van der Waals surface area contributed by atoms with E-state index in [1.807, 2.05) is 0 Å². The van der Waals surface area contributed by atoms with Crippen molar-refractivity contribution in [3.05, 3.63) is 63.5 Å². The molecule has 1 aliphatic heterocycles. The van der Waals surface area contributed by atoms with Crippen LogP contribution < -0.4 is 0 Å². The number of rotatable bonds is 4. The third-order valence-corrected chi connectivity index (χ3v) is 14.9. The predicted molar refractivity (Wildman–Crippen MR) is 170 cm³/mol. The summed E-state index contributed by atoms with van der Waals surface area (Å²) in [5.74, 6) is 0.334. The number of pyridine rings is 1. The molecule has 1 fully saturated rings. The Balaban J connectivity index is 1.75. The Hall–Kier alpha value is -1.49. The molecule has 5 rings (SSSR count). The molecule has 2 atom stereocenters. The highest BCUT2D eigenvalue weighted by atomic mass is 28.4. The fourth-order valence-electron chi connectivity index (χ4n) is 7.17. The molecule has 0 radical (unpaired) electrons. The molecule has 4 heteroatoms. The molecule has 0 bridgehead atoms. The van der Waals surface area contributed by atoms with Crippen LogP contribution in [0.4, 0.5) is 0 Å². The lowest BCUT2D eigenvalue weighted by Crippen LogP contribution is -2.44. The Kier molecular flexibility index (Phi) is 7.33. The molecule has 40 heavy (non-hydrogen) atoms. The first-order valence-corrected chi connectivity index (χ1v) is 18.8. The average Bonchev–Trinajstić information content (AvgIpc) is 3.41. The maximum atomic E-state index is 7.37. The lowest BCUT2D eigenvalue weighted by atomic mass is 9.70. The van der Waals surface area contributed by atoms with Gasteiger partial charge in [0.1, 0.15) is 6.10 Å². The average molecular weight is 562 g/mol. The zero-order valence-corrected chi connectivity index (χ0v) is 28.5. The molecule has 1 aromatic carbocycles. The lowest BCUT2D eigenvalue weighted by molar-refractivity contribution is -0.0579. The van der Waals surface area contributed by atoms with Gasteiger partial charge >= 0.3 is 0 Å². The highest BCUT2D eigenvalue weighted by Gasteiger charge is 2.54. The molecule has 220 valence electrons. The van der Waals surface area contributed by atoms with E-state index in [1.54, 1.807) is 0 Å². The monoisotopic (exact) mass is 561 g/mol. The highest BCUT2D eigenvalue weighted by Crippen LogP contribution is 2.60. The van der Waals surface area contributed by atoms with Gasteiger partial charge in [-0.25, -0.2) is 0 Å². The van der Waals surface area contributed by atoms with Crippen molar-refractivity contribution < 1.29 is 9.16 Å². The van der Waals surface area contributed by atoms with Crippen LogP contribution in [0, 0.1) is 5.41 Å². The van der Waals surface area contributed by atoms with Gasteiger partial charge in [0, 0.05) is 22.5 Å². The molecular weight excluding hydrogens is 506 g/mol. The van der Waals surface area contributed by atoms with Gasteiger partial charge < -0.3 is 9.16 Å². The minimum Gasteiger partial charge on any atom is -0.410 e. The molecule has 0 N–H and O–H groups in total. The van der Waals surface area contributed by atoms with Crippen LogP contribution >= 0.6 is 0 Å². The first-order valence-electron chi connectivity index (χ1n) is 15.9. The van der Waals surface area contributed by atoms with Crippen LogP contribution in [0.5, 0.6) is 0 Å². The summed E-state index contributed by atoms with van der Waals surface area (Å²) in [6.45, 7) is 28.2. The van der Waals surface area contributed by atoms with Gasteiger partial charge in [0.2, 0.25) is 0 Å². The summed E-state index contributed by atoms with van der Waals surface area (Å²) in [7, 11) is -2.02. The fraction of sp³-hybridized carbons (Fsp3) is 0.694. The third kappa shape index (κ3) is 5.15. The van der Waals surface area contributed by atoms with Gasteiger partial charge in [-0.15, -0.1) is 0 Å². The summed E-state index contributed by atoms with van der Waals surface area (Å²) in [5, 5.41) is 0.155. The lowest BCUT2D eigenvalue weighted by Gasteiger charge is -2.45. The standard InChI is InChI=1S/C36H55NO2Si/c1-23(2)31-29-30(28-26(37-31)21-35(9,10)22-27(28)39-40(11,12)34(6,7)8)36(19-13-14-20-36)38-32(29)24-15-17-25(18-16-24)33(3,4)5/h15-18,23,27,32H,13-14,19-22H2,1-12H3. The van der Waals surface area contributed by atoms with Crippen molar-refractivity contribution in [1.82, 2.24) is 4.98 Å². The minimum atomic E-state index is -2.02. The summed E-state index contributed by atoms with van der Waals surface area (Å²) in [6, 6.07) is 9.26. The molecule has 3 aliphatic rings. The van der Waals surface area contributed by atoms with Crippen molar-refractivity contribution in [2.45, 2.75) is 155 Å². The largest absolute Gasteiger partial charge is 0.410 e. The SMILES string of the molecule is CC(C)c1nc2c(c3c1C(c1ccc(C(C)(C)C)cc1)OC31CCCC1)C(O[Si](C)(C)C(C)(C)C)CC(C)(C)C2. The quantitative estimate of drug-likeness (QED) is 0.348. The number of nitrogens with zero attached hydrogens (tertiary/aromatic N) is 1. The van der Waals surface area contributed by atoms with Gasteiger partial charge in [-0.3, -0.25) is 4.98 Å². The topological polar surface area (TPSA) is 31.4 Å². The number of benzene rings is 1. The van der Waals surface area contributed by atoms with E-state index in [1.165, 1.54) is 52.0 Å². The van der Waals surface area contributed by atoms with Crippen LogP contribution in [0.3, 0.4) is 0 Å². The third-order valence-electron chi connectivity index (χ3n) is 10.4. The van der Waals surface area contributed by atoms with Crippen LogP contribution in [-0.4, -0.2) is 13.3 Å². The number of fused-ring (bicyclic) bond motifs is 4. The van der Waals surface area contributed by atoms with E-state index < -0.39 is 8.32 Å². The van der Waals surface area contributed by atoms with Crippen LogP contribution in [0.25, 0.3) is 0 Å². The summed E-state index contributed by atoms with van der Waals surface area (Å²) in [5.41, 5.74) is 9.44. The van der Waals surface area contributed by atoms with Crippen molar-refractivity contribution >= 4 is 8.32 Å². The molecule has 2 aromatic rings. The molecule has 1 aromatic heterocycles. The molecule has 1 saturated carbocycles. The van der Waals surface area contributed by atoms with Gasteiger partial charge in [-0.05, 0) is 77.3 Å². The Morgan fingerprint density at radius 1 is 0.950 bits per heavy atom. The van der Waals surface area contributed by atoms with Gasteiger partial charge in [0.25, 0.3) is 0 Å². The normalized spacial score (nSPS) is 24.0. The smallest absolute Gasteiger partial charge is 0.192 e. The highest BCUT2D eigenvalue weighted by molar-refractivity contribution is 6.74. The van der Waals surface area contributed by atoms with E-state index in [4.69, 9.17) is 14.1 Å². The number of aromatic nitrogens is 1. The van der Waals surface area contributed by atoms with Crippen molar-refractivity contribution in [1.29, 1.82) is 0 Å². The maximum absolute atomic E-state index is 7.37. The summed E-state index contributed by atoms with van der Waals surface area (Å²) in [6.07, 6.45) is 6.70. The van der Waals surface area contributed by atoms with E-state index >= 15 is 0 Å². The number of ether oxygens (including phenoxy) is 1. The summed E-state index contributed by atoms with van der Waals surface area (Å²) < 4.78 is 14.7. The Bertz CT molecular complexity index is 1250. The van der Waals surface area contributed by atoms with Crippen molar-refractivity contribution in [3.63, 3.8) is 0 Å². The first kappa shape index (κ1) is 30.0. The van der Waals surface area contributed by atoms with Crippen LogP contribution in [0.15, 0.2) is 24.3 Å². The van der Waals surface area contributed by atoms with Crippen molar-refractivity contribution in [2.24, 2.45) is 5.41 Å². The number of hydrogen-bond donors (Lipinski definition) is 0. The summed E-state index contributed by atoms with van der Waals surface area (Å²) in [4.78, 5) is 5.57. The minimum absolute atomic E-state index is 0.0687. The fourth-order valence-corrected chi connectivity index (χ4v) is 8.44. The van der Waals surface area contributed by atoms with Crippen LogP contribution in [-0.2, 0) is 26.6 Å². The Labute approximate surface area is 246 Å². The van der Waals surface area contributed by atoms with Crippen LogP contribution in [0.1, 0.15) is 159 Å². The van der Waals surface area contributed by atoms with E-state index in [9.17, 15) is 0 Å². The van der Waals surface area contributed by atoms with E-state index in [0.717, 1.165) is 25.7 Å². The van der Waals surface area contributed by atoms with E-state index in [2.05, 4.69) is 107 Å². The first-order chi connectivity index (χ1) is 18.4. The van der Waals surface area contributed by atoms with E-state index in [-0.39, 0.29) is 33.7 Å². The molecule has 2 heterocycles. The molecule has 3 nitrogen and oxygen atoms in total. The Morgan fingerprint density at radius 3 is 2.08 bits per heavy atom. The molecule has 2 unspecified atom stereocenters. The predicted octanol–water partition coefficient (Wildman–Crippen LogP) is 10.4. The molecule has 0 amide bonds. The number of hydrogen-bond acceptors (Lipinski definition) is 3. The molecule has 1 spiro atoms. The van der Waals surface area contributed by atoms with Gasteiger partial charge in [0.15, 0.2) is 8.32 Å². The van der Waals surface area contributed by atoms with Gasteiger partial charge in [-0.1, -0.05) is 106 Å². The molecule has 2 aliphatic carbocycles. The summed E-state index contributed by atoms with van der Waals surface area (Å²) >= 11 is 0. The van der Waals surface area contributed by atoms with Crippen molar-refractivity contribution in [2.75, 3.05) is 0 Å². The zero-order chi connectivity index (χ0) is 29.5.